The summed E-state index contributed by atoms with van der Waals surface area (Å²) in [4.78, 5) is 24.5. The van der Waals surface area contributed by atoms with Gasteiger partial charge in [0.05, 0.1) is 25.4 Å². The van der Waals surface area contributed by atoms with Crippen molar-refractivity contribution < 1.29 is 24.5 Å². The van der Waals surface area contributed by atoms with Gasteiger partial charge in [-0.05, 0) is 89.9 Å². The van der Waals surface area contributed by atoms with E-state index < -0.39 is 12.1 Å². The molecule has 0 aliphatic carbocycles. The summed E-state index contributed by atoms with van der Waals surface area (Å²) >= 11 is 0. The highest BCUT2D eigenvalue weighted by Gasteiger charge is 2.18. The zero-order chi connectivity index (χ0) is 44.4. The van der Waals surface area contributed by atoms with Crippen LogP contribution in [0.15, 0.2) is 48.6 Å². The summed E-state index contributed by atoms with van der Waals surface area (Å²) in [5.74, 6) is -0.119. The highest BCUT2D eigenvalue weighted by atomic mass is 16.5. The van der Waals surface area contributed by atoms with Crippen LogP contribution in [0.5, 0.6) is 0 Å². The molecule has 0 radical (unpaired) electrons. The van der Waals surface area contributed by atoms with E-state index in [0.29, 0.717) is 19.4 Å². The summed E-state index contributed by atoms with van der Waals surface area (Å²) in [6.45, 7) is 4.82. The van der Waals surface area contributed by atoms with Crippen molar-refractivity contribution in [3.05, 3.63) is 48.6 Å². The number of aliphatic hydroxyl groups excluding tert-OH is 2. The molecular weight excluding hydrogens is 755 g/mol. The maximum Gasteiger partial charge on any atom is 0.305 e. The molecule has 0 rings (SSSR count). The maximum absolute atomic E-state index is 12.4. The molecule has 0 spiro atoms. The number of amides is 1. The number of carbonyl (C=O) groups is 2. The van der Waals surface area contributed by atoms with Crippen LogP contribution in [-0.4, -0.2) is 47.4 Å². The number of ether oxygens (including phenoxy) is 1. The van der Waals surface area contributed by atoms with Gasteiger partial charge < -0.3 is 20.3 Å². The average molecular weight is 856 g/mol. The van der Waals surface area contributed by atoms with Gasteiger partial charge in [0.25, 0.3) is 0 Å². The molecule has 0 saturated heterocycles. The smallest absolute Gasteiger partial charge is 0.305 e. The zero-order valence-electron chi connectivity index (χ0n) is 40.4. The van der Waals surface area contributed by atoms with E-state index in [1.807, 2.05) is 6.08 Å². The summed E-state index contributed by atoms with van der Waals surface area (Å²) in [6.07, 6.45) is 62.6. The molecule has 1 amide bonds. The second-order valence-corrected chi connectivity index (χ2v) is 17.8. The Labute approximate surface area is 378 Å². The van der Waals surface area contributed by atoms with Crippen molar-refractivity contribution in [3.63, 3.8) is 0 Å². The van der Waals surface area contributed by atoms with E-state index in [1.54, 1.807) is 6.08 Å². The fourth-order valence-electron chi connectivity index (χ4n) is 7.71. The lowest BCUT2D eigenvalue weighted by Gasteiger charge is -2.19. The number of carbonyl (C=O) groups excluding carboxylic acids is 2. The maximum atomic E-state index is 12.4. The molecule has 356 valence electrons. The lowest BCUT2D eigenvalue weighted by atomic mass is 10.1. The molecule has 0 aliphatic heterocycles. The van der Waals surface area contributed by atoms with Gasteiger partial charge in [-0.1, -0.05) is 210 Å². The Morgan fingerprint density at radius 2 is 0.820 bits per heavy atom. The van der Waals surface area contributed by atoms with E-state index >= 15 is 0 Å². The highest BCUT2D eigenvalue weighted by Crippen LogP contribution is 2.15. The molecule has 0 fully saturated rings. The van der Waals surface area contributed by atoms with Crippen LogP contribution in [0.1, 0.15) is 264 Å². The van der Waals surface area contributed by atoms with Crippen LogP contribution in [0.4, 0.5) is 0 Å². The van der Waals surface area contributed by atoms with Gasteiger partial charge in [-0.15, -0.1) is 0 Å². The summed E-state index contributed by atoms with van der Waals surface area (Å²) in [5.41, 5.74) is 0. The highest BCUT2D eigenvalue weighted by molar-refractivity contribution is 5.76. The predicted molar refractivity (Wildman–Crippen MR) is 264 cm³/mol. The second kappa shape index (κ2) is 50.5. The summed E-state index contributed by atoms with van der Waals surface area (Å²) in [6, 6.07) is -0.648. The first kappa shape index (κ1) is 58.8. The minimum absolute atomic E-state index is 0.0188. The molecule has 0 aromatic carbocycles. The average Bonchev–Trinajstić information content (AvgIpc) is 3.26. The van der Waals surface area contributed by atoms with Crippen molar-refractivity contribution in [2.75, 3.05) is 13.2 Å². The molecule has 3 N–H and O–H groups in total. The van der Waals surface area contributed by atoms with E-state index in [0.717, 1.165) is 77.0 Å². The number of allylic oxidation sites excluding steroid dienone is 7. The number of hydrogen-bond acceptors (Lipinski definition) is 5. The Morgan fingerprint density at radius 3 is 1.31 bits per heavy atom. The molecule has 0 aromatic heterocycles. The fourth-order valence-corrected chi connectivity index (χ4v) is 7.71. The van der Waals surface area contributed by atoms with Crippen LogP contribution in [0.3, 0.4) is 0 Å². The van der Waals surface area contributed by atoms with Crippen molar-refractivity contribution in [1.82, 2.24) is 5.32 Å². The standard InChI is InChI=1S/C55H101NO5/c1-3-5-7-9-11-13-15-17-18-19-20-21-22-25-29-33-37-41-45-49-55(60)61-50-46-42-38-34-30-26-23-24-28-32-36-40-44-48-54(59)56-52(51-57)53(58)47-43-39-35-31-27-16-14-12-10-8-6-4-2/h11,13,17-18,24,28,43,47,52-53,57-58H,3-10,12,14-16,19-23,25-27,29-42,44-46,48-51H2,1-2H3,(H,56,59)/b13-11-,18-17-,28-24-,47-43+. The molecule has 0 bridgehead atoms. The minimum Gasteiger partial charge on any atom is -0.466 e. The van der Waals surface area contributed by atoms with Crippen LogP contribution in [0.25, 0.3) is 0 Å². The van der Waals surface area contributed by atoms with E-state index in [4.69, 9.17) is 4.74 Å². The largest absolute Gasteiger partial charge is 0.466 e. The zero-order valence-corrected chi connectivity index (χ0v) is 40.4. The first-order chi connectivity index (χ1) is 30.0. The van der Waals surface area contributed by atoms with Crippen LogP contribution < -0.4 is 5.32 Å². The number of nitrogens with one attached hydrogen (secondary N) is 1. The SMILES string of the molecule is CCCCC/C=C\C/C=C\CCCCCCCCCCCC(=O)OCCCCCCCC/C=C\CCCCCC(=O)NC(CO)C(O)/C=C/CCCCCCCCCCCC. The number of rotatable bonds is 48. The molecule has 0 aromatic rings. The van der Waals surface area contributed by atoms with E-state index in [1.165, 1.54) is 161 Å². The second-order valence-electron chi connectivity index (χ2n) is 17.8. The fraction of sp³-hybridized carbons (Fsp3) is 0.818. The van der Waals surface area contributed by atoms with Crippen molar-refractivity contribution >= 4 is 11.9 Å². The van der Waals surface area contributed by atoms with E-state index in [9.17, 15) is 19.8 Å². The number of unbranched alkanes of at least 4 members (excludes halogenated alkanes) is 31. The third-order valence-electron chi connectivity index (χ3n) is 11.8. The van der Waals surface area contributed by atoms with Gasteiger partial charge in [0.1, 0.15) is 0 Å². The van der Waals surface area contributed by atoms with Crippen molar-refractivity contribution in [2.24, 2.45) is 0 Å². The minimum atomic E-state index is -0.861. The number of hydrogen-bond donors (Lipinski definition) is 3. The third-order valence-corrected chi connectivity index (χ3v) is 11.8. The van der Waals surface area contributed by atoms with Crippen LogP contribution in [0.2, 0.25) is 0 Å². The Morgan fingerprint density at radius 1 is 0.459 bits per heavy atom. The van der Waals surface area contributed by atoms with Crippen molar-refractivity contribution in [2.45, 2.75) is 276 Å². The number of aliphatic hydroxyl groups is 2. The van der Waals surface area contributed by atoms with Gasteiger partial charge in [0.15, 0.2) is 0 Å². The van der Waals surface area contributed by atoms with Gasteiger partial charge in [-0.2, -0.15) is 0 Å². The van der Waals surface area contributed by atoms with Crippen molar-refractivity contribution in [3.8, 4) is 0 Å². The lowest BCUT2D eigenvalue weighted by molar-refractivity contribution is -0.143. The Kier molecular flexibility index (Phi) is 48.7. The molecule has 6 heteroatoms. The molecule has 2 unspecified atom stereocenters. The molecule has 0 aliphatic rings. The predicted octanol–water partition coefficient (Wildman–Crippen LogP) is 15.8. The molecular formula is C55H101NO5. The summed E-state index contributed by atoms with van der Waals surface area (Å²) in [5, 5.41) is 23.0. The monoisotopic (exact) mass is 856 g/mol. The first-order valence-electron chi connectivity index (χ1n) is 26.4. The molecule has 2 atom stereocenters. The first-order valence-corrected chi connectivity index (χ1v) is 26.4. The number of esters is 1. The summed E-state index contributed by atoms with van der Waals surface area (Å²) in [7, 11) is 0. The Hall–Kier alpha value is -2.18. The lowest BCUT2D eigenvalue weighted by Crippen LogP contribution is -2.45. The summed E-state index contributed by atoms with van der Waals surface area (Å²) < 4.78 is 5.47. The molecule has 0 saturated carbocycles. The molecule has 0 heterocycles. The van der Waals surface area contributed by atoms with Crippen LogP contribution in [-0.2, 0) is 14.3 Å². The van der Waals surface area contributed by atoms with E-state index in [2.05, 4.69) is 55.6 Å². The molecule has 6 nitrogen and oxygen atoms in total. The van der Waals surface area contributed by atoms with Gasteiger partial charge in [0.2, 0.25) is 5.91 Å². The van der Waals surface area contributed by atoms with Gasteiger partial charge >= 0.3 is 5.97 Å². The van der Waals surface area contributed by atoms with Crippen molar-refractivity contribution in [1.29, 1.82) is 0 Å². The van der Waals surface area contributed by atoms with Crippen LogP contribution in [0, 0.1) is 0 Å². The van der Waals surface area contributed by atoms with Crippen LogP contribution >= 0.6 is 0 Å². The Bertz CT molecular complexity index is 1040. The van der Waals surface area contributed by atoms with Gasteiger partial charge in [0, 0.05) is 12.8 Å². The van der Waals surface area contributed by atoms with Gasteiger partial charge in [-0.25, -0.2) is 0 Å². The Balaban J connectivity index is 3.51. The van der Waals surface area contributed by atoms with Gasteiger partial charge in [-0.3, -0.25) is 9.59 Å². The van der Waals surface area contributed by atoms with E-state index in [-0.39, 0.29) is 18.5 Å². The quantitative estimate of drug-likeness (QED) is 0.0322. The topological polar surface area (TPSA) is 95.9 Å². The third kappa shape index (κ3) is 47.1. The normalized spacial score (nSPS) is 13.0. The molecule has 61 heavy (non-hydrogen) atoms.